The van der Waals surface area contributed by atoms with Crippen molar-refractivity contribution in [2.45, 2.75) is 42.8 Å². The number of nitrogens with zero attached hydrogens (tertiary/aromatic N) is 4. The number of hydrogen-bond donors (Lipinski definition) is 4. The molecule has 0 radical (unpaired) electrons. The maximum Gasteiger partial charge on any atom is 0.347 e. The Morgan fingerprint density at radius 2 is 1.94 bits per heavy atom. The predicted octanol–water partition coefficient (Wildman–Crippen LogP) is -0.638. The summed E-state index contributed by atoms with van der Waals surface area (Å²) in [7, 11) is -3.59. The van der Waals surface area contributed by atoms with Gasteiger partial charge in [0.05, 0.1) is 29.8 Å². The highest BCUT2D eigenvalue weighted by Crippen LogP contribution is 2.30. The average molecular weight is 514 g/mol. The molecule has 1 fully saturated rings. The van der Waals surface area contributed by atoms with Crippen LogP contribution in [0.25, 0.3) is 11.6 Å². The summed E-state index contributed by atoms with van der Waals surface area (Å²) < 4.78 is 29.8. The van der Waals surface area contributed by atoms with Crippen LogP contribution in [0.5, 0.6) is 0 Å². The zero-order valence-electron chi connectivity index (χ0n) is 19.9. The van der Waals surface area contributed by atoms with E-state index >= 15 is 0 Å². The van der Waals surface area contributed by atoms with Gasteiger partial charge in [0, 0.05) is 37.3 Å². The molecule has 11 nitrogen and oxygen atoms in total. The summed E-state index contributed by atoms with van der Waals surface area (Å²) in [4.78, 5) is 22.9. The lowest BCUT2D eigenvalue weighted by atomic mass is 10.1. The molecule has 5 rings (SSSR count). The van der Waals surface area contributed by atoms with Crippen molar-refractivity contribution in [3.63, 3.8) is 0 Å². The summed E-state index contributed by atoms with van der Waals surface area (Å²) in [6, 6.07) is 6.73. The largest absolute Gasteiger partial charge is 0.389 e. The van der Waals surface area contributed by atoms with E-state index in [1.54, 1.807) is 35.4 Å². The van der Waals surface area contributed by atoms with Crippen LogP contribution >= 0.6 is 0 Å². The lowest BCUT2D eigenvalue weighted by molar-refractivity contribution is 0.125. The summed E-state index contributed by atoms with van der Waals surface area (Å²) in [5.74, 6) is 0.405. The molecular weight excluding hydrogens is 482 g/mol. The van der Waals surface area contributed by atoms with Crippen LogP contribution in [-0.2, 0) is 23.0 Å². The zero-order chi connectivity index (χ0) is 25.3. The molecule has 5 N–H and O–H groups in total. The van der Waals surface area contributed by atoms with Gasteiger partial charge in [0.2, 0.25) is 10.0 Å². The van der Waals surface area contributed by atoms with Crippen molar-refractivity contribution in [3.8, 4) is 0 Å². The molecule has 12 heteroatoms. The Balaban J connectivity index is 1.27. The third kappa shape index (κ3) is 5.36. The van der Waals surface area contributed by atoms with Gasteiger partial charge in [-0.3, -0.25) is 9.56 Å². The molecule has 192 valence electrons. The maximum absolute atomic E-state index is 12.8. The number of nitrogens with one attached hydrogen (secondary N) is 2. The summed E-state index contributed by atoms with van der Waals surface area (Å²) in [5.41, 5.74) is 8.69. The highest BCUT2D eigenvalue weighted by molar-refractivity contribution is 7.89. The minimum absolute atomic E-state index is 0.0543. The number of guanidine groups is 1. The van der Waals surface area contributed by atoms with Gasteiger partial charge < -0.3 is 21.1 Å². The van der Waals surface area contributed by atoms with E-state index in [0.717, 1.165) is 42.6 Å². The Morgan fingerprint density at radius 3 is 2.64 bits per heavy atom. The van der Waals surface area contributed by atoms with Gasteiger partial charge in [-0.05, 0) is 55.3 Å². The monoisotopic (exact) mass is 513 g/mol. The normalized spacial score (nSPS) is 19.2. The van der Waals surface area contributed by atoms with Gasteiger partial charge in [0.25, 0.3) is 0 Å². The molecule has 1 atom stereocenters. The summed E-state index contributed by atoms with van der Waals surface area (Å²) in [6.45, 7) is 3.26. The van der Waals surface area contributed by atoms with Crippen molar-refractivity contribution in [2.24, 2.45) is 10.7 Å². The first-order valence-electron chi connectivity index (χ1n) is 12.2. The van der Waals surface area contributed by atoms with Gasteiger partial charge in [-0.1, -0.05) is 12.1 Å². The number of rotatable bonds is 8. The first-order valence-corrected chi connectivity index (χ1v) is 13.6. The predicted molar refractivity (Wildman–Crippen MR) is 137 cm³/mol. The van der Waals surface area contributed by atoms with E-state index in [4.69, 9.17) is 5.73 Å². The number of piperidine rings is 1. The molecule has 0 bridgehead atoms. The first kappa shape index (κ1) is 24.6. The Morgan fingerprint density at radius 1 is 1.19 bits per heavy atom. The van der Waals surface area contributed by atoms with Crippen LogP contribution in [0.2, 0.25) is 0 Å². The lowest BCUT2D eigenvalue weighted by Crippen LogP contribution is -2.42. The molecule has 0 saturated carbocycles. The fraction of sp³-hybridized carbons (Fsp3) is 0.458. The molecule has 1 unspecified atom stereocenters. The van der Waals surface area contributed by atoms with Crippen LogP contribution < -0.4 is 21.5 Å². The minimum atomic E-state index is -3.59. The standard InChI is InChI=1S/C24H31N7O4S/c25-23-27-9-10-30(23)14-20(32)15-31-13-18-11-17(12-22(18)28-24(31)33)16-1-3-21(4-2-16)36(34,35)29-19-5-7-26-8-6-19/h1-4,11,13,19-20,26,29,32H,5-10,12,14-15H2,(H2,25,27). The Bertz CT molecular complexity index is 1350. The fourth-order valence-electron chi connectivity index (χ4n) is 4.84. The molecule has 1 aromatic carbocycles. The van der Waals surface area contributed by atoms with Crippen LogP contribution in [-0.4, -0.2) is 78.8 Å². The third-order valence-corrected chi connectivity index (χ3v) is 8.33. The number of fused-ring (bicyclic) bond motifs is 1. The van der Waals surface area contributed by atoms with Crippen LogP contribution in [0.1, 0.15) is 29.7 Å². The van der Waals surface area contributed by atoms with Crippen LogP contribution in [0.15, 0.2) is 45.1 Å². The number of aliphatic hydroxyl groups excluding tert-OH is 1. The van der Waals surface area contributed by atoms with E-state index < -0.39 is 21.8 Å². The highest BCUT2D eigenvalue weighted by Gasteiger charge is 2.23. The van der Waals surface area contributed by atoms with Gasteiger partial charge >= 0.3 is 5.69 Å². The zero-order valence-corrected chi connectivity index (χ0v) is 20.7. The third-order valence-electron chi connectivity index (χ3n) is 6.79. The number of hydrogen-bond acceptors (Lipinski definition) is 9. The first-order chi connectivity index (χ1) is 17.3. The molecule has 1 aromatic heterocycles. The molecule has 36 heavy (non-hydrogen) atoms. The number of sulfonamides is 1. The molecular formula is C24H31N7O4S. The van der Waals surface area contributed by atoms with Gasteiger partial charge in [0.1, 0.15) is 0 Å². The number of aliphatic imine (C=N–C) groups is 1. The second-order valence-corrected chi connectivity index (χ2v) is 11.1. The van der Waals surface area contributed by atoms with Gasteiger partial charge in [0.15, 0.2) is 5.96 Å². The number of β-amino-alcohol motifs (C(OH)–C–C–N with tert-alkyl or cyclic N) is 1. The van der Waals surface area contributed by atoms with Crippen molar-refractivity contribution >= 4 is 27.6 Å². The van der Waals surface area contributed by atoms with E-state index in [-0.39, 0.29) is 17.5 Å². The topological polar surface area (TPSA) is 155 Å². The van der Waals surface area contributed by atoms with Gasteiger partial charge in [-0.2, -0.15) is 4.98 Å². The summed E-state index contributed by atoms with van der Waals surface area (Å²) in [6.07, 6.45) is 4.89. The smallest absolute Gasteiger partial charge is 0.347 e. The molecule has 1 aliphatic carbocycles. The van der Waals surface area contributed by atoms with E-state index in [0.29, 0.717) is 37.7 Å². The number of aromatic nitrogens is 2. The SMILES string of the molecule is NC1=NCCN1CC(O)Cn1cc2c(nc1=O)CC(c1ccc(S(=O)(=O)NC3CCNCC3)cc1)=C2. The van der Waals surface area contributed by atoms with Gasteiger partial charge in [-0.15, -0.1) is 0 Å². The van der Waals surface area contributed by atoms with Crippen LogP contribution in [0, 0.1) is 0 Å². The Labute approximate surface area is 209 Å². The molecule has 1 saturated heterocycles. The second kappa shape index (κ2) is 10.1. The average Bonchev–Trinajstić information content (AvgIpc) is 3.45. The summed E-state index contributed by atoms with van der Waals surface area (Å²) in [5, 5.41) is 13.7. The molecule has 2 aliphatic heterocycles. The highest BCUT2D eigenvalue weighted by atomic mass is 32.2. The summed E-state index contributed by atoms with van der Waals surface area (Å²) >= 11 is 0. The fourth-order valence-corrected chi connectivity index (χ4v) is 6.14. The molecule has 0 amide bonds. The van der Waals surface area contributed by atoms with Crippen molar-refractivity contribution in [2.75, 3.05) is 32.7 Å². The molecule has 3 heterocycles. The second-order valence-electron chi connectivity index (χ2n) is 9.43. The molecule has 0 spiro atoms. The number of benzene rings is 1. The van der Waals surface area contributed by atoms with E-state index in [2.05, 4.69) is 20.0 Å². The van der Waals surface area contributed by atoms with E-state index in [1.165, 1.54) is 4.57 Å². The quantitative estimate of drug-likeness (QED) is 0.363. The lowest BCUT2D eigenvalue weighted by Gasteiger charge is -2.23. The van der Waals surface area contributed by atoms with Crippen LogP contribution in [0.3, 0.4) is 0 Å². The molecule has 3 aliphatic rings. The van der Waals surface area contributed by atoms with Crippen molar-refractivity contribution in [1.82, 2.24) is 24.5 Å². The van der Waals surface area contributed by atoms with Crippen LogP contribution in [0.4, 0.5) is 0 Å². The van der Waals surface area contributed by atoms with Crippen molar-refractivity contribution in [3.05, 3.63) is 57.8 Å². The number of aliphatic hydroxyl groups is 1. The molecule has 2 aromatic rings. The van der Waals surface area contributed by atoms with Crippen molar-refractivity contribution < 1.29 is 13.5 Å². The maximum atomic E-state index is 12.8. The van der Waals surface area contributed by atoms with E-state index in [1.807, 2.05) is 6.08 Å². The van der Waals surface area contributed by atoms with E-state index in [9.17, 15) is 18.3 Å². The number of allylic oxidation sites excluding steroid dienone is 1. The van der Waals surface area contributed by atoms with Crippen molar-refractivity contribution in [1.29, 1.82) is 0 Å². The Kier molecular flexibility index (Phi) is 6.93. The number of nitrogens with two attached hydrogens (primary N) is 1. The van der Waals surface area contributed by atoms with Gasteiger partial charge in [-0.25, -0.2) is 17.9 Å². The minimum Gasteiger partial charge on any atom is -0.389 e. The Hall–Kier alpha value is -3.06.